The highest BCUT2D eigenvalue weighted by Gasteiger charge is 2.21. The Morgan fingerprint density at radius 1 is 1.60 bits per heavy atom. The molecule has 1 saturated heterocycles. The number of carbonyl (C=O) groups is 1. The van der Waals surface area contributed by atoms with Gasteiger partial charge < -0.3 is 10.1 Å². The average molecular weight is 279 g/mol. The second-order valence-corrected chi connectivity index (χ2v) is 4.64. The molecule has 0 bridgehead atoms. The number of aryl methyl sites for hydroxylation is 1. The van der Waals surface area contributed by atoms with Gasteiger partial charge in [0.1, 0.15) is 5.69 Å². The Balaban J connectivity index is 1.71. The summed E-state index contributed by atoms with van der Waals surface area (Å²) in [7, 11) is 1.50. The topological polar surface area (TPSA) is 84.8 Å². The molecule has 1 aliphatic heterocycles. The van der Waals surface area contributed by atoms with Gasteiger partial charge in [0.25, 0.3) is 5.91 Å². The molecule has 0 aromatic carbocycles. The number of aromatic amines is 1. The Labute approximate surface area is 114 Å². The normalized spacial score (nSPS) is 18.4. The number of anilines is 1. The fourth-order valence-corrected chi connectivity index (χ4v) is 2.21. The number of carbonyl (C=O) groups excluding carboxylic acids is 1. The highest BCUT2D eigenvalue weighted by Crippen LogP contribution is 2.28. The predicted octanol–water partition coefficient (Wildman–Crippen LogP) is 1.39. The molecule has 20 heavy (non-hydrogen) atoms. The van der Waals surface area contributed by atoms with Crippen molar-refractivity contribution in [2.24, 2.45) is 7.05 Å². The largest absolute Gasteiger partial charge is 0.372 e. The first-order valence-corrected chi connectivity index (χ1v) is 6.31. The molecule has 0 aliphatic carbocycles. The van der Waals surface area contributed by atoms with Gasteiger partial charge >= 0.3 is 0 Å². The van der Waals surface area contributed by atoms with Crippen LogP contribution in [0, 0.1) is 5.95 Å². The number of hydrogen-bond donors (Lipinski definition) is 2. The lowest BCUT2D eigenvalue weighted by Crippen LogP contribution is -2.16. The van der Waals surface area contributed by atoms with Crippen molar-refractivity contribution in [2.45, 2.75) is 18.9 Å². The summed E-state index contributed by atoms with van der Waals surface area (Å²) in [6.07, 6.45) is 1.95. The lowest BCUT2D eigenvalue weighted by atomic mass is 10.2. The van der Waals surface area contributed by atoms with Crippen molar-refractivity contribution < 1.29 is 13.9 Å². The lowest BCUT2D eigenvalue weighted by molar-refractivity contribution is 0.101. The molecule has 1 fully saturated rings. The van der Waals surface area contributed by atoms with Gasteiger partial charge in [0, 0.05) is 25.8 Å². The summed E-state index contributed by atoms with van der Waals surface area (Å²) in [5.41, 5.74) is 0.957. The number of ether oxygens (including phenoxy) is 1. The fourth-order valence-electron chi connectivity index (χ4n) is 2.21. The van der Waals surface area contributed by atoms with Crippen LogP contribution in [0.5, 0.6) is 0 Å². The van der Waals surface area contributed by atoms with E-state index >= 15 is 0 Å². The molecule has 3 rings (SSSR count). The molecule has 1 unspecified atom stereocenters. The lowest BCUT2D eigenvalue weighted by Gasteiger charge is -2.04. The van der Waals surface area contributed by atoms with Crippen LogP contribution in [0.25, 0.3) is 0 Å². The van der Waals surface area contributed by atoms with Crippen LogP contribution < -0.4 is 5.32 Å². The van der Waals surface area contributed by atoms with Crippen LogP contribution in [-0.2, 0) is 11.8 Å². The first-order valence-electron chi connectivity index (χ1n) is 6.31. The molecule has 0 spiro atoms. The van der Waals surface area contributed by atoms with Gasteiger partial charge in [-0.1, -0.05) is 0 Å². The Hall–Kier alpha value is -2.22. The summed E-state index contributed by atoms with van der Waals surface area (Å²) in [6, 6.07) is 2.80. The van der Waals surface area contributed by atoms with Crippen LogP contribution in [0.1, 0.15) is 35.1 Å². The molecule has 7 nitrogen and oxygen atoms in total. The van der Waals surface area contributed by atoms with Gasteiger partial charge in [0.15, 0.2) is 5.82 Å². The third-order valence-corrected chi connectivity index (χ3v) is 3.20. The van der Waals surface area contributed by atoms with Crippen LogP contribution in [0.4, 0.5) is 10.2 Å². The molecule has 2 aromatic heterocycles. The summed E-state index contributed by atoms with van der Waals surface area (Å²) < 4.78 is 19.6. The van der Waals surface area contributed by atoms with Gasteiger partial charge in [-0.2, -0.15) is 9.49 Å². The van der Waals surface area contributed by atoms with Crippen molar-refractivity contribution in [2.75, 3.05) is 11.9 Å². The molecule has 0 radical (unpaired) electrons. The van der Waals surface area contributed by atoms with E-state index in [1.165, 1.54) is 11.7 Å². The van der Waals surface area contributed by atoms with E-state index in [1.807, 2.05) is 0 Å². The third kappa shape index (κ3) is 2.42. The molecular weight excluding hydrogens is 265 g/mol. The van der Waals surface area contributed by atoms with E-state index in [0.29, 0.717) is 5.82 Å². The number of nitrogens with one attached hydrogen (secondary N) is 2. The van der Waals surface area contributed by atoms with Crippen molar-refractivity contribution in [1.82, 2.24) is 20.0 Å². The van der Waals surface area contributed by atoms with Gasteiger partial charge in [-0.3, -0.25) is 14.6 Å². The minimum atomic E-state index is -0.695. The monoisotopic (exact) mass is 279 g/mol. The Bertz CT molecular complexity index is 630. The molecule has 1 amide bonds. The molecule has 106 valence electrons. The zero-order chi connectivity index (χ0) is 14.1. The molecule has 3 heterocycles. The summed E-state index contributed by atoms with van der Waals surface area (Å²) in [5, 5.41) is 12.9. The molecular formula is C12H14FN5O2. The smallest absolute Gasteiger partial charge is 0.275 e. The van der Waals surface area contributed by atoms with E-state index in [-0.39, 0.29) is 11.8 Å². The van der Waals surface area contributed by atoms with E-state index < -0.39 is 11.9 Å². The summed E-state index contributed by atoms with van der Waals surface area (Å²) in [6.45, 7) is 0.736. The summed E-state index contributed by atoms with van der Waals surface area (Å²) >= 11 is 0. The second-order valence-electron chi connectivity index (χ2n) is 4.64. The Morgan fingerprint density at radius 2 is 2.45 bits per heavy atom. The van der Waals surface area contributed by atoms with Crippen LogP contribution in [0.3, 0.4) is 0 Å². The number of amides is 1. The highest BCUT2D eigenvalue weighted by molar-refractivity contribution is 6.02. The first-order chi connectivity index (χ1) is 9.63. The number of rotatable bonds is 3. The van der Waals surface area contributed by atoms with E-state index in [0.717, 1.165) is 31.2 Å². The Kier molecular flexibility index (Phi) is 3.23. The molecule has 8 heteroatoms. The molecule has 1 aliphatic rings. The minimum absolute atomic E-state index is 0.00213. The van der Waals surface area contributed by atoms with Gasteiger partial charge in [-0.05, 0) is 12.8 Å². The predicted molar refractivity (Wildman–Crippen MR) is 67.6 cm³/mol. The van der Waals surface area contributed by atoms with Crippen molar-refractivity contribution in [3.8, 4) is 0 Å². The summed E-state index contributed by atoms with van der Waals surface area (Å²) in [5.74, 6) is -0.781. The number of halogens is 1. The Morgan fingerprint density at radius 3 is 3.10 bits per heavy atom. The maximum Gasteiger partial charge on any atom is 0.275 e. The SMILES string of the molecule is Cn1nc(F)cc1C(=O)Nc1cc(C2CCCO2)[nH]n1. The molecule has 1 atom stereocenters. The summed E-state index contributed by atoms with van der Waals surface area (Å²) in [4.78, 5) is 12.0. The van der Waals surface area contributed by atoms with Crippen molar-refractivity contribution in [1.29, 1.82) is 0 Å². The average Bonchev–Trinajstić information content (AvgIpc) is 3.09. The zero-order valence-electron chi connectivity index (χ0n) is 10.9. The maximum atomic E-state index is 12.9. The van der Waals surface area contributed by atoms with E-state index in [1.54, 1.807) is 6.07 Å². The molecule has 2 N–H and O–H groups in total. The van der Waals surface area contributed by atoms with Crippen LogP contribution in [-0.4, -0.2) is 32.5 Å². The van der Waals surface area contributed by atoms with Crippen LogP contribution in [0.15, 0.2) is 12.1 Å². The van der Waals surface area contributed by atoms with Crippen molar-refractivity contribution in [3.05, 3.63) is 29.5 Å². The van der Waals surface area contributed by atoms with Gasteiger partial charge in [-0.15, -0.1) is 5.10 Å². The van der Waals surface area contributed by atoms with Crippen LogP contribution in [0.2, 0.25) is 0 Å². The third-order valence-electron chi connectivity index (χ3n) is 3.20. The van der Waals surface area contributed by atoms with Crippen LogP contribution >= 0.6 is 0 Å². The van der Waals surface area contributed by atoms with Gasteiger partial charge in [-0.25, -0.2) is 0 Å². The van der Waals surface area contributed by atoms with E-state index in [9.17, 15) is 9.18 Å². The number of hydrogen-bond acceptors (Lipinski definition) is 4. The van der Waals surface area contributed by atoms with E-state index in [2.05, 4.69) is 20.6 Å². The quantitative estimate of drug-likeness (QED) is 0.889. The minimum Gasteiger partial charge on any atom is -0.372 e. The fraction of sp³-hybridized carbons (Fsp3) is 0.417. The first kappa shape index (κ1) is 12.8. The maximum absolute atomic E-state index is 12.9. The number of aromatic nitrogens is 4. The number of nitrogens with zero attached hydrogens (tertiary/aromatic N) is 3. The molecule has 0 saturated carbocycles. The van der Waals surface area contributed by atoms with Crippen molar-refractivity contribution in [3.63, 3.8) is 0 Å². The van der Waals surface area contributed by atoms with Gasteiger partial charge in [0.05, 0.1) is 11.8 Å². The van der Waals surface area contributed by atoms with Crippen molar-refractivity contribution >= 4 is 11.7 Å². The zero-order valence-corrected chi connectivity index (χ0v) is 10.9. The van der Waals surface area contributed by atoms with E-state index in [4.69, 9.17) is 4.74 Å². The second kappa shape index (κ2) is 5.04. The number of H-pyrrole nitrogens is 1. The highest BCUT2D eigenvalue weighted by atomic mass is 19.1. The molecule has 2 aromatic rings. The standard InChI is InChI=1S/C12H14FN5O2/c1-18-8(6-10(13)17-18)12(19)14-11-5-7(15-16-11)9-3-2-4-20-9/h5-6,9H,2-4H2,1H3,(H2,14,15,16,19). The van der Waals surface area contributed by atoms with Gasteiger partial charge in [0.2, 0.25) is 5.95 Å².